The molecule has 134 valence electrons. The van der Waals surface area contributed by atoms with E-state index in [0.29, 0.717) is 25.7 Å². The van der Waals surface area contributed by atoms with E-state index in [9.17, 15) is 4.39 Å². The molecular weight excluding hydrogens is 436 g/mol. The Labute approximate surface area is 163 Å². The van der Waals surface area contributed by atoms with Crippen LogP contribution in [0.5, 0.6) is 11.5 Å². The normalized spacial score (nSPS) is 13.4. The van der Waals surface area contributed by atoms with Gasteiger partial charge in [0.25, 0.3) is 0 Å². The van der Waals surface area contributed by atoms with E-state index in [1.54, 1.807) is 13.1 Å². The van der Waals surface area contributed by atoms with Gasteiger partial charge in [0.05, 0.1) is 13.2 Å². The third-order valence-corrected chi connectivity index (χ3v) is 3.58. The van der Waals surface area contributed by atoms with Crippen molar-refractivity contribution in [2.75, 3.05) is 25.6 Å². The Kier molecular flexibility index (Phi) is 7.30. The topological polar surface area (TPSA) is 54.9 Å². The van der Waals surface area contributed by atoms with Gasteiger partial charge in [-0.2, -0.15) is 0 Å². The molecule has 0 aromatic heterocycles. The van der Waals surface area contributed by atoms with Gasteiger partial charge in [-0.1, -0.05) is 12.1 Å². The molecule has 0 amide bonds. The molecule has 7 heteroatoms. The summed E-state index contributed by atoms with van der Waals surface area (Å²) in [7, 11) is 1.68. The second-order valence-corrected chi connectivity index (χ2v) is 5.39. The van der Waals surface area contributed by atoms with Crippen molar-refractivity contribution < 1.29 is 13.9 Å². The monoisotopic (exact) mass is 457 g/mol. The lowest BCUT2D eigenvalue weighted by atomic mass is 10.2. The number of nitrogens with one attached hydrogen (secondary N) is 2. The van der Waals surface area contributed by atoms with E-state index in [-0.39, 0.29) is 29.8 Å². The summed E-state index contributed by atoms with van der Waals surface area (Å²) in [6, 6.07) is 12.1. The number of rotatable bonds is 3. The molecule has 25 heavy (non-hydrogen) atoms. The highest BCUT2D eigenvalue weighted by atomic mass is 127. The second-order valence-electron chi connectivity index (χ2n) is 5.39. The Morgan fingerprint density at radius 1 is 1.12 bits per heavy atom. The lowest BCUT2D eigenvalue weighted by Crippen LogP contribution is -2.30. The van der Waals surface area contributed by atoms with Gasteiger partial charge in [0.1, 0.15) is 5.82 Å². The van der Waals surface area contributed by atoms with Crippen molar-refractivity contribution in [3.8, 4) is 11.5 Å². The zero-order valence-corrected chi connectivity index (χ0v) is 16.3. The maximum Gasteiger partial charge on any atom is 0.195 e. The van der Waals surface area contributed by atoms with E-state index in [0.717, 1.165) is 29.2 Å². The van der Waals surface area contributed by atoms with Crippen LogP contribution < -0.4 is 20.1 Å². The molecule has 2 aromatic rings. The first-order valence-corrected chi connectivity index (χ1v) is 7.86. The van der Waals surface area contributed by atoms with Crippen LogP contribution in [0.2, 0.25) is 0 Å². The zero-order chi connectivity index (χ0) is 16.8. The Morgan fingerprint density at radius 3 is 2.68 bits per heavy atom. The number of hydrogen-bond acceptors (Lipinski definition) is 3. The quantitative estimate of drug-likeness (QED) is 0.419. The minimum Gasteiger partial charge on any atom is -0.490 e. The average Bonchev–Trinajstić information content (AvgIpc) is 2.83. The molecule has 0 fully saturated rings. The molecule has 0 atom stereocenters. The van der Waals surface area contributed by atoms with Gasteiger partial charge < -0.3 is 20.1 Å². The third kappa shape index (κ3) is 5.48. The Bertz CT molecular complexity index is 740. The Morgan fingerprint density at radius 2 is 1.92 bits per heavy atom. The van der Waals surface area contributed by atoms with Crippen molar-refractivity contribution in [2.24, 2.45) is 4.99 Å². The molecule has 2 aromatic carbocycles. The van der Waals surface area contributed by atoms with Crippen molar-refractivity contribution in [1.82, 2.24) is 5.32 Å². The predicted molar refractivity (Wildman–Crippen MR) is 108 cm³/mol. The van der Waals surface area contributed by atoms with Crippen molar-refractivity contribution in [3.63, 3.8) is 0 Å². The molecule has 1 heterocycles. The van der Waals surface area contributed by atoms with E-state index in [4.69, 9.17) is 9.47 Å². The molecule has 2 N–H and O–H groups in total. The Balaban J connectivity index is 0.00000225. The van der Waals surface area contributed by atoms with Gasteiger partial charge in [-0.25, -0.2) is 4.39 Å². The molecule has 0 bridgehead atoms. The number of nitrogens with zero attached hydrogens (tertiary/aromatic N) is 1. The molecule has 1 aliphatic rings. The molecule has 5 nitrogen and oxygen atoms in total. The van der Waals surface area contributed by atoms with Crippen LogP contribution in [0.25, 0.3) is 0 Å². The standard InChI is InChI=1S/C18H20FN3O2.HI/c1-20-18(21-12-13-4-2-5-14(19)10-13)22-15-6-7-16-17(11-15)24-9-3-8-23-16;/h2,4-7,10-11H,3,8-9,12H2,1H3,(H2,20,21,22);1H. The largest absolute Gasteiger partial charge is 0.490 e. The summed E-state index contributed by atoms with van der Waals surface area (Å²) in [5.74, 6) is 1.81. The van der Waals surface area contributed by atoms with Gasteiger partial charge in [0.2, 0.25) is 0 Å². The van der Waals surface area contributed by atoms with Crippen molar-refractivity contribution in [3.05, 3.63) is 53.8 Å². The first-order valence-electron chi connectivity index (χ1n) is 7.86. The summed E-state index contributed by atoms with van der Waals surface area (Å²) in [5.41, 5.74) is 1.68. The SMILES string of the molecule is CN=C(NCc1cccc(F)c1)Nc1ccc2c(c1)OCCCO2.I. The molecule has 0 radical (unpaired) electrons. The number of aliphatic imine (C=N–C) groups is 1. The fraction of sp³-hybridized carbons (Fsp3) is 0.278. The summed E-state index contributed by atoms with van der Waals surface area (Å²) in [6.45, 7) is 1.78. The number of guanidine groups is 1. The zero-order valence-electron chi connectivity index (χ0n) is 13.9. The van der Waals surface area contributed by atoms with Gasteiger partial charge in [-0.3, -0.25) is 4.99 Å². The maximum atomic E-state index is 13.2. The summed E-state index contributed by atoms with van der Waals surface area (Å²) in [6.07, 6.45) is 0.869. The van der Waals surface area contributed by atoms with Crippen LogP contribution in [-0.2, 0) is 6.54 Å². The molecule has 1 aliphatic heterocycles. The number of anilines is 1. The molecule has 0 spiro atoms. The molecule has 0 unspecified atom stereocenters. The lowest BCUT2D eigenvalue weighted by molar-refractivity contribution is 0.297. The minimum absolute atomic E-state index is 0. The predicted octanol–water partition coefficient (Wildman–Crippen LogP) is 3.79. The van der Waals surface area contributed by atoms with Crippen LogP contribution in [0.3, 0.4) is 0 Å². The van der Waals surface area contributed by atoms with Crippen LogP contribution in [0.15, 0.2) is 47.5 Å². The van der Waals surface area contributed by atoms with Crippen LogP contribution in [-0.4, -0.2) is 26.2 Å². The van der Waals surface area contributed by atoms with Gasteiger partial charge in [-0.15, -0.1) is 24.0 Å². The number of halogens is 2. The van der Waals surface area contributed by atoms with Crippen molar-refractivity contribution >= 4 is 35.6 Å². The molecular formula is C18H21FIN3O2. The highest BCUT2D eigenvalue weighted by molar-refractivity contribution is 14.0. The van der Waals surface area contributed by atoms with Gasteiger partial charge in [0, 0.05) is 31.8 Å². The number of hydrogen-bond donors (Lipinski definition) is 2. The Hall–Kier alpha value is -2.03. The molecule has 0 saturated carbocycles. The summed E-state index contributed by atoms with van der Waals surface area (Å²) >= 11 is 0. The summed E-state index contributed by atoms with van der Waals surface area (Å²) in [5, 5.41) is 6.35. The van der Waals surface area contributed by atoms with E-state index >= 15 is 0 Å². The number of fused-ring (bicyclic) bond motifs is 1. The van der Waals surface area contributed by atoms with Gasteiger partial charge in [-0.05, 0) is 29.8 Å². The number of benzene rings is 2. The van der Waals surface area contributed by atoms with E-state index < -0.39 is 0 Å². The van der Waals surface area contributed by atoms with E-state index in [1.807, 2.05) is 24.3 Å². The minimum atomic E-state index is -0.250. The van der Waals surface area contributed by atoms with Crippen LogP contribution in [0, 0.1) is 5.82 Å². The highest BCUT2D eigenvalue weighted by Crippen LogP contribution is 2.32. The summed E-state index contributed by atoms with van der Waals surface area (Å²) < 4.78 is 24.5. The maximum absolute atomic E-state index is 13.2. The molecule has 0 saturated heterocycles. The van der Waals surface area contributed by atoms with E-state index in [2.05, 4.69) is 15.6 Å². The van der Waals surface area contributed by atoms with Gasteiger partial charge in [0.15, 0.2) is 17.5 Å². The lowest BCUT2D eigenvalue weighted by Gasteiger charge is -2.14. The molecule has 3 rings (SSSR count). The fourth-order valence-electron chi connectivity index (χ4n) is 2.39. The van der Waals surface area contributed by atoms with E-state index in [1.165, 1.54) is 12.1 Å². The number of ether oxygens (including phenoxy) is 2. The van der Waals surface area contributed by atoms with Crippen LogP contribution in [0.4, 0.5) is 10.1 Å². The van der Waals surface area contributed by atoms with Crippen LogP contribution >= 0.6 is 24.0 Å². The van der Waals surface area contributed by atoms with Crippen molar-refractivity contribution in [1.29, 1.82) is 0 Å². The van der Waals surface area contributed by atoms with Gasteiger partial charge >= 0.3 is 0 Å². The third-order valence-electron chi connectivity index (χ3n) is 3.58. The second kappa shape index (κ2) is 9.45. The van der Waals surface area contributed by atoms with Crippen LogP contribution in [0.1, 0.15) is 12.0 Å². The van der Waals surface area contributed by atoms with Crippen molar-refractivity contribution in [2.45, 2.75) is 13.0 Å². The summed E-state index contributed by atoms with van der Waals surface area (Å²) in [4.78, 5) is 4.18. The highest BCUT2D eigenvalue weighted by Gasteiger charge is 2.11. The first kappa shape index (κ1) is 19.3. The average molecular weight is 457 g/mol. The fourth-order valence-corrected chi connectivity index (χ4v) is 2.39. The molecule has 0 aliphatic carbocycles. The first-order chi connectivity index (χ1) is 11.7. The smallest absolute Gasteiger partial charge is 0.195 e.